The summed E-state index contributed by atoms with van der Waals surface area (Å²) in [6.07, 6.45) is 2.35. The van der Waals surface area contributed by atoms with Crippen molar-refractivity contribution in [1.82, 2.24) is 15.3 Å². The third kappa shape index (κ3) is 6.11. The number of aromatic nitrogens is 2. The van der Waals surface area contributed by atoms with E-state index >= 15 is 0 Å². The average molecular weight is 546 g/mol. The van der Waals surface area contributed by atoms with E-state index in [1.54, 1.807) is 0 Å². The van der Waals surface area contributed by atoms with Crippen molar-refractivity contribution in [2.24, 2.45) is 5.92 Å². The van der Waals surface area contributed by atoms with Gasteiger partial charge in [-0.15, -0.1) is 0 Å². The first-order valence-corrected chi connectivity index (χ1v) is 14.1. The van der Waals surface area contributed by atoms with Crippen LogP contribution in [0.4, 0.5) is 23.3 Å². The predicted octanol–water partition coefficient (Wildman–Crippen LogP) is 4.25. The molecule has 204 valence electrons. The maximum atomic E-state index is 5.63. The molecule has 2 fully saturated rings. The second-order valence-electron chi connectivity index (χ2n) is 10.4. The first-order valence-electron chi connectivity index (χ1n) is 13.7. The molecule has 4 heterocycles. The highest BCUT2D eigenvalue weighted by atomic mass is 32.1. The number of hydrogen-bond donors (Lipinski definition) is 2. The predicted molar refractivity (Wildman–Crippen MR) is 159 cm³/mol. The second-order valence-corrected chi connectivity index (χ2v) is 10.8. The number of para-hydroxylation sites is 1. The number of fused-ring (bicyclic) bond motifs is 1. The highest BCUT2D eigenvalue weighted by molar-refractivity contribution is 7.80. The van der Waals surface area contributed by atoms with Crippen LogP contribution in [0.1, 0.15) is 25.3 Å². The van der Waals surface area contributed by atoms with E-state index in [-0.39, 0.29) is 6.79 Å². The molecule has 2 saturated heterocycles. The normalized spacial score (nSPS) is 17.3. The molecule has 0 atom stereocenters. The lowest BCUT2D eigenvalue weighted by atomic mass is 9.99. The topological polar surface area (TPSA) is 78.0 Å². The minimum atomic E-state index is 0.263. The molecule has 9 nitrogen and oxygen atoms in total. The van der Waals surface area contributed by atoms with Gasteiger partial charge >= 0.3 is 0 Å². The molecule has 2 N–H and O–H groups in total. The van der Waals surface area contributed by atoms with Crippen LogP contribution < -0.4 is 34.8 Å². The Kier molecular flexibility index (Phi) is 7.53. The number of nitrogens with one attached hydrogen (secondary N) is 2. The maximum absolute atomic E-state index is 5.63. The molecule has 0 radical (unpaired) electrons. The summed E-state index contributed by atoms with van der Waals surface area (Å²) in [5.41, 5.74) is 2.32. The summed E-state index contributed by atoms with van der Waals surface area (Å²) in [5.74, 6) is 4.70. The zero-order valence-electron chi connectivity index (χ0n) is 22.3. The van der Waals surface area contributed by atoms with Crippen LogP contribution in [0.3, 0.4) is 0 Å². The first-order chi connectivity index (χ1) is 19.1. The average Bonchev–Trinajstić information content (AvgIpc) is 3.45. The zero-order chi connectivity index (χ0) is 26.6. The summed E-state index contributed by atoms with van der Waals surface area (Å²) < 4.78 is 10.9. The molecule has 0 spiro atoms. The van der Waals surface area contributed by atoms with Crippen molar-refractivity contribution in [3.8, 4) is 11.5 Å². The second kappa shape index (κ2) is 11.5. The summed E-state index contributed by atoms with van der Waals surface area (Å²) in [6.45, 7) is 8.85. The van der Waals surface area contributed by atoms with Crippen LogP contribution in [0.15, 0.2) is 54.6 Å². The Morgan fingerprint density at radius 1 is 0.846 bits per heavy atom. The van der Waals surface area contributed by atoms with Crippen LogP contribution in [-0.2, 0) is 6.54 Å². The van der Waals surface area contributed by atoms with E-state index in [4.69, 9.17) is 31.7 Å². The Balaban J connectivity index is 1.15. The Morgan fingerprint density at radius 3 is 2.26 bits per heavy atom. The molecule has 0 bridgehead atoms. The molecule has 6 rings (SSSR count). The smallest absolute Gasteiger partial charge is 0.232 e. The fourth-order valence-electron chi connectivity index (χ4n) is 5.25. The third-order valence-electron chi connectivity index (χ3n) is 7.65. The number of anilines is 4. The fourth-order valence-corrected chi connectivity index (χ4v) is 5.41. The van der Waals surface area contributed by atoms with Crippen molar-refractivity contribution < 1.29 is 9.47 Å². The van der Waals surface area contributed by atoms with Gasteiger partial charge in [0, 0.05) is 57.6 Å². The lowest BCUT2D eigenvalue weighted by Crippen LogP contribution is -2.47. The molecular weight excluding hydrogens is 510 g/mol. The summed E-state index contributed by atoms with van der Waals surface area (Å²) >= 11 is 5.63. The number of benzene rings is 2. The maximum Gasteiger partial charge on any atom is 0.232 e. The molecule has 2 aromatic carbocycles. The lowest BCUT2D eigenvalue weighted by Gasteiger charge is -2.37. The van der Waals surface area contributed by atoms with Gasteiger partial charge in [0.1, 0.15) is 11.6 Å². The summed E-state index contributed by atoms with van der Waals surface area (Å²) in [4.78, 5) is 16.9. The summed E-state index contributed by atoms with van der Waals surface area (Å²) in [5, 5.41) is 7.01. The molecule has 0 aliphatic carbocycles. The molecular formula is C29H35N7O2S. The number of piperazine rings is 1. The third-order valence-corrected chi connectivity index (χ3v) is 7.89. The lowest BCUT2D eigenvalue weighted by molar-refractivity contribution is 0.174. The van der Waals surface area contributed by atoms with Crippen molar-refractivity contribution in [2.45, 2.75) is 26.3 Å². The van der Waals surface area contributed by atoms with Gasteiger partial charge in [0.25, 0.3) is 0 Å². The minimum absolute atomic E-state index is 0.263. The summed E-state index contributed by atoms with van der Waals surface area (Å²) in [7, 11) is 0. The first kappa shape index (κ1) is 25.5. The molecule has 39 heavy (non-hydrogen) atoms. The van der Waals surface area contributed by atoms with E-state index in [2.05, 4.69) is 68.7 Å². The van der Waals surface area contributed by atoms with Crippen molar-refractivity contribution in [3.05, 3.63) is 60.2 Å². The summed E-state index contributed by atoms with van der Waals surface area (Å²) in [6, 6.07) is 18.6. The van der Waals surface area contributed by atoms with E-state index in [9.17, 15) is 0 Å². The standard InChI is InChI=1S/C29H35N7O2S/c1-21-9-11-35(12-10-21)26-18-27(36-15-13-34(14-16-36)23-5-3-2-4-6-23)32-28(31-26)33-29(39)30-19-22-7-8-24-25(17-22)38-20-37-24/h2-8,17-18,21H,9-16,19-20H2,1H3,(H2,30,31,32,33,39). The number of thiocarbonyl (C=S) groups is 1. The fraction of sp³-hybridized carbons (Fsp3) is 0.414. The van der Waals surface area contributed by atoms with Gasteiger partial charge in [-0.1, -0.05) is 31.2 Å². The van der Waals surface area contributed by atoms with Crippen molar-refractivity contribution in [3.63, 3.8) is 0 Å². The van der Waals surface area contributed by atoms with E-state index < -0.39 is 0 Å². The number of ether oxygens (including phenoxy) is 2. The van der Waals surface area contributed by atoms with Gasteiger partial charge in [-0.25, -0.2) is 0 Å². The highest BCUT2D eigenvalue weighted by Crippen LogP contribution is 2.32. The van der Waals surface area contributed by atoms with E-state index in [0.717, 1.165) is 73.9 Å². The van der Waals surface area contributed by atoms with Gasteiger partial charge < -0.3 is 34.8 Å². The van der Waals surface area contributed by atoms with E-state index in [0.29, 0.717) is 17.6 Å². The molecule has 3 aliphatic rings. The van der Waals surface area contributed by atoms with Crippen molar-refractivity contribution in [1.29, 1.82) is 0 Å². The van der Waals surface area contributed by atoms with Crippen LogP contribution in [0.25, 0.3) is 0 Å². The number of nitrogens with zero attached hydrogens (tertiary/aromatic N) is 5. The van der Waals surface area contributed by atoms with Crippen molar-refractivity contribution >= 4 is 40.6 Å². The molecule has 3 aliphatic heterocycles. The van der Waals surface area contributed by atoms with Crippen LogP contribution in [0, 0.1) is 5.92 Å². The Labute approximate surface area is 235 Å². The van der Waals surface area contributed by atoms with E-state index in [1.807, 2.05) is 18.2 Å². The molecule has 3 aromatic rings. The van der Waals surface area contributed by atoms with E-state index in [1.165, 1.54) is 18.5 Å². The monoisotopic (exact) mass is 545 g/mol. The molecule has 10 heteroatoms. The van der Waals surface area contributed by atoms with Crippen molar-refractivity contribution in [2.75, 3.05) is 66.1 Å². The highest BCUT2D eigenvalue weighted by Gasteiger charge is 2.23. The molecule has 0 saturated carbocycles. The van der Waals surface area contributed by atoms with Gasteiger partial charge in [0.2, 0.25) is 12.7 Å². The quantitative estimate of drug-likeness (QED) is 0.439. The Morgan fingerprint density at radius 2 is 1.51 bits per heavy atom. The molecule has 1 aromatic heterocycles. The van der Waals surface area contributed by atoms with Gasteiger partial charge in [-0.05, 0) is 60.8 Å². The zero-order valence-corrected chi connectivity index (χ0v) is 23.1. The van der Waals surface area contributed by atoms with Crippen LogP contribution >= 0.6 is 12.2 Å². The minimum Gasteiger partial charge on any atom is -0.454 e. The van der Waals surface area contributed by atoms with Crippen LogP contribution in [-0.4, -0.2) is 61.1 Å². The number of hydrogen-bond acceptors (Lipinski definition) is 8. The SMILES string of the molecule is CC1CCN(c2cc(N3CCN(c4ccccc4)CC3)nc(NC(=S)NCc3ccc4c(c3)OCO4)n2)CC1. The molecule has 0 amide bonds. The van der Waals surface area contributed by atoms with Gasteiger partial charge in [0.15, 0.2) is 16.6 Å². The molecule has 0 unspecified atom stereocenters. The number of rotatable bonds is 6. The van der Waals surface area contributed by atoms with Gasteiger partial charge in [-0.2, -0.15) is 9.97 Å². The van der Waals surface area contributed by atoms with Gasteiger partial charge in [-0.3, -0.25) is 0 Å². The van der Waals surface area contributed by atoms with Crippen LogP contribution in [0.2, 0.25) is 0 Å². The largest absolute Gasteiger partial charge is 0.454 e. The Bertz CT molecular complexity index is 1290. The Hall–Kier alpha value is -3.79. The van der Waals surface area contributed by atoms with Crippen LogP contribution in [0.5, 0.6) is 11.5 Å². The van der Waals surface area contributed by atoms with Gasteiger partial charge in [0.05, 0.1) is 0 Å². The number of piperidine rings is 1.